The maximum absolute atomic E-state index is 2.36. The lowest BCUT2D eigenvalue weighted by atomic mass is 9.85. The van der Waals surface area contributed by atoms with Gasteiger partial charge in [0.05, 0.1) is 11.0 Å². The zero-order valence-electron chi connectivity index (χ0n) is 18.0. The Kier molecular flexibility index (Phi) is 4.43. The van der Waals surface area contributed by atoms with Crippen molar-refractivity contribution in [1.82, 2.24) is 4.57 Å². The highest BCUT2D eigenvalue weighted by molar-refractivity contribution is 6.36. The Morgan fingerprint density at radius 2 is 1.09 bits per heavy atom. The van der Waals surface area contributed by atoms with Crippen molar-refractivity contribution >= 4 is 35.1 Å². The fourth-order valence-corrected chi connectivity index (χ4v) is 4.74. The minimum atomic E-state index is 1.19. The average Bonchev–Trinajstić information content (AvgIpc) is 3.19. The van der Waals surface area contributed by atoms with Gasteiger partial charge >= 0.3 is 0 Å². The van der Waals surface area contributed by atoms with E-state index in [1.165, 1.54) is 55.2 Å². The number of rotatable bonds is 3. The van der Waals surface area contributed by atoms with Gasteiger partial charge in [-0.2, -0.15) is 0 Å². The first-order valence-electron chi connectivity index (χ1n) is 11.0. The van der Waals surface area contributed by atoms with Gasteiger partial charge in [0.1, 0.15) is 7.85 Å². The molecule has 0 aliphatic heterocycles. The molecule has 0 saturated carbocycles. The Hall–Kier alpha value is -4.04. The first-order valence-corrected chi connectivity index (χ1v) is 11.0. The van der Waals surface area contributed by atoms with Crippen LogP contribution < -0.4 is 5.46 Å². The van der Waals surface area contributed by atoms with E-state index < -0.39 is 0 Å². The number of hydrogen-bond acceptors (Lipinski definition) is 0. The van der Waals surface area contributed by atoms with Gasteiger partial charge in [0, 0.05) is 16.5 Å². The van der Waals surface area contributed by atoms with E-state index in [1.54, 1.807) is 0 Å². The van der Waals surface area contributed by atoms with E-state index >= 15 is 0 Å². The number of fused-ring (bicyclic) bond motifs is 3. The Labute approximate surface area is 189 Å². The number of hydrogen-bond donors (Lipinski definition) is 0. The lowest BCUT2D eigenvalue weighted by Crippen LogP contribution is -2.06. The van der Waals surface area contributed by atoms with Crippen LogP contribution in [0.4, 0.5) is 0 Å². The molecule has 0 amide bonds. The van der Waals surface area contributed by atoms with Gasteiger partial charge in [-0.15, -0.1) is 0 Å². The van der Waals surface area contributed by atoms with E-state index in [4.69, 9.17) is 0 Å². The zero-order chi connectivity index (χ0) is 21.5. The Morgan fingerprint density at radius 3 is 1.91 bits per heavy atom. The van der Waals surface area contributed by atoms with Gasteiger partial charge in [-0.3, -0.25) is 0 Å². The molecule has 1 aromatic heterocycles. The average molecular weight is 407 g/mol. The summed E-state index contributed by atoms with van der Waals surface area (Å²) < 4.78 is 2.36. The molecule has 0 N–H and O–H groups in total. The van der Waals surface area contributed by atoms with Crippen molar-refractivity contribution in [2.45, 2.75) is 0 Å². The van der Waals surface area contributed by atoms with Crippen LogP contribution in [0.3, 0.4) is 0 Å². The maximum Gasteiger partial charge on any atom is 0.140 e. The summed E-state index contributed by atoms with van der Waals surface area (Å²) in [5.74, 6) is 0. The molecule has 0 radical (unpaired) electrons. The van der Waals surface area contributed by atoms with Crippen molar-refractivity contribution in [1.29, 1.82) is 0 Å². The molecule has 2 heteroatoms. The monoisotopic (exact) mass is 407 g/mol. The molecule has 0 aliphatic carbocycles. The van der Waals surface area contributed by atoms with Crippen LogP contribution in [0, 0.1) is 0 Å². The molecule has 6 aromatic rings. The summed E-state index contributed by atoms with van der Waals surface area (Å²) in [6.45, 7) is 0. The summed E-state index contributed by atoms with van der Waals surface area (Å²) >= 11 is 0. The van der Waals surface area contributed by atoms with Gasteiger partial charge in [-0.1, -0.05) is 90.4 Å². The molecule has 1 nitrogen and oxygen atoms in total. The van der Waals surface area contributed by atoms with Gasteiger partial charge in [-0.05, 0) is 58.7 Å². The van der Waals surface area contributed by atoms with Gasteiger partial charge in [-0.25, -0.2) is 0 Å². The fourth-order valence-electron chi connectivity index (χ4n) is 4.74. The van der Waals surface area contributed by atoms with E-state index in [2.05, 4.69) is 134 Å². The van der Waals surface area contributed by atoms with Gasteiger partial charge in [0.25, 0.3) is 0 Å². The second-order valence-corrected chi connectivity index (χ2v) is 8.32. The summed E-state index contributed by atoms with van der Waals surface area (Å²) in [6.07, 6.45) is 0. The largest absolute Gasteiger partial charge is 0.309 e. The molecule has 5 aromatic carbocycles. The van der Waals surface area contributed by atoms with E-state index in [-0.39, 0.29) is 0 Å². The van der Waals surface area contributed by atoms with Crippen molar-refractivity contribution in [3.63, 3.8) is 0 Å². The Bertz CT molecular complexity index is 1560. The normalized spacial score (nSPS) is 11.2. The second-order valence-electron chi connectivity index (χ2n) is 8.32. The minimum Gasteiger partial charge on any atom is -0.309 e. The SMILES string of the molecule is Bc1ccc(-c2ccc3c(c2)c2ccccc2n3-c2ccccc2)cc1-c1ccccc1. The summed E-state index contributed by atoms with van der Waals surface area (Å²) in [4.78, 5) is 0. The molecule has 0 bridgehead atoms. The van der Waals surface area contributed by atoms with Crippen LogP contribution in [0.2, 0.25) is 0 Å². The van der Waals surface area contributed by atoms with E-state index in [0.29, 0.717) is 0 Å². The van der Waals surface area contributed by atoms with Crippen LogP contribution in [0.25, 0.3) is 49.7 Å². The molecule has 32 heavy (non-hydrogen) atoms. The molecular weight excluding hydrogens is 385 g/mol. The van der Waals surface area contributed by atoms with Crippen molar-refractivity contribution in [2.24, 2.45) is 0 Å². The molecule has 1 heterocycles. The third kappa shape index (κ3) is 3.04. The van der Waals surface area contributed by atoms with Crippen LogP contribution >= 0.6 is 0 Å². The summed E-state index contributed by atoms with van der Waals surface area (Å²) in [5, 5.41) is 2.56. The molecule has 0 unspecified atom stereocenters. The van der Waals surface area contributed by atoms with Crippen LogP contribution in [0.15, 0.2) is 121 Å². The summed E-state index contributed by atoms with van der Waals surface area (Å²) in [5.41, 5.74) is 9.98. The lowest BCUT2D eigenvalue weighted by Gasteiger charge is -2.11. The van der Waals surface area contributed by atoms with Gasteiger partial charge < -0.3 is 4.57 Å². The molecular formula is C30H22BN. The van der Waals surface area contributed by atoms with Crippen molar-refractivity contribution in [3.05, 3.63) is 121 Å². The highest BCUT2D eigenvalue weighted by atomic mass is 15.0. The predicted octanol–water partition coefficient (Wildman–Crippen LogP) is 6.38. The first kappa shape index (κ1) is 18.7. The third-order valence-electron chi connectivity index (χ3n) is 6.34. The molecule has 6 rings (SSSR count). The summed E-state index contributed by atoms with van der Waals surface area (Å²) in [6, 6.07) is 43.6. The zero-order valence-corrected chi connectivity index (χ0v) is 18.0. The van der Waals surface area contributed by atoms with E-state index in [0.717, 1.165) is 0 Å². The molecule has 0 atom stereocenters. The number of aromatic nitrogens is 1. The third-order valence-corrected chi connectivity index (χ3v) is 6.34. The minimum absolute atomic E-state index is 1.19. The molecule has 0 spiro atoms. The highest BCUT2D eigenvalue weighted by Crippen LogP contribution is 2.35. The van der Waals surface area contributed by atoms with Crippen LogP contribution in [0.5, 0.6) is 0 Å². The maximum atomic E-state index is 2.36. The smallest absolute Gasteiger partial charge is 0.140 e. The van der Waals surface area contributed by atoms with Crippen LogP contribution in [-0.4, -0.2) is 12.4 Å². The van der Waals surface area contributed by atoms with Gasteiger partial charge in [0.15, 0.2) is 0 Å². The first-order chi connectivity index (χ1) is 15.8. The highest BCUT2D eigenvalue weighted by Gasteiger charge is 2.13. The summed E-state index contributed by atoms with van der Waals surface area (Å²) in [7, 11) is 2.18. The second kappa shape index (κ2) is 7.58. The van der Waals surface area contributed by atoms with Crippen LogP contribution in [-0.2, 0) is 0 Å². The number of nitrogens with zero attached hydrogens (tertiary/aromatic N) is 1. The number of benzene rings is 5. The van der Waals surface area contributed by atoms with Crippen molar-refractivity contribution in [3.8, 4) is 27.9 Å². The molecule has 0 saturated heterocycles. The van der Waals surface area contributed by atoms with E-state index in [9.17, 15) is 0 Å². The molecule has 0 aliphatic rings. The lowest BCUT2D eigenvalue weighted by molar-refractivity contribution is 1.18. The van der Waals surface area contributed by atoms with Gasteiger partial charge in [0.2, 0.25) is 0 Å². The number of para-hydroxylation sites is 2. The fraction of sp³-hybridized carbons (Fsp3) is 0. The molecule has 0 fully saturated rings. The predicted molar refractivity (Wildman–Crippen MR) is 140 cm³/mol. The quantitative estimate of drug-likeness (QED) is 0.300. The molecule has 150 valence electrons. The Balaban J connectivity index is 1.57. The van der Waals surface area contributed by atoms with Crippen molar-refractivity contribution < 1.29 is 0 Å². The Morgan fingerprint density at radius 1 is 0.469 bits per heavy atom. The van der Waals surface area contributed by atoms with Crippen LogP contribution in [0.1, 0.15) is 0 Å². The topological polar surface area (TPSA) is 4.93 Å². The van der Waals surface area contributed by atoms with E-state index in [1.807, 2.05) is 0 Å². The standard InChI is InChI=1S/C30H22BN/c31-28-17-15-22(19-26(28)21-9-3-1-4-10-21)23-16-18-30-27(20-23)25-13-7-8-14-29(25)32(30)24-11-5-2-6-12-24/h1-20H,31H2. The van der Waals surface area contributed by atoms with Crippen molar-refractivity contribution in [2.75, 3.05) is 0 Å².